The maximum absolute atomic E-state index is 11.2. The van der Waals surface area contributed by atoms with Crippen molar-refractivity contribution < 1.29 is 14.7 Å². The maximum Gasteiger partial charge on any atom is 0.335 e. The molecule has 0 bridgehead atoms. The van der Waals surface area contributed by atoms with Gasteiger partial charge in [0.15, 0.2) is 5.78 Å². The molecule has 0 fully saturated rings. The minimum atomic E-state index is -1.01. The van der Waals surface area contributed by atoms with Crippen LogP contribution in [0, 0.1) is 0 Å². The highest BCUT2D eigenvalue weighted by molar-refractivity contribution is 5.98. The first-order chi connectivity index (χ1) is 6.15. The molecule has 0 aliphatic heterocycles. The van der Waals surface area contributed by atoms with Crippen molar-refractivity contribution in [2.45, 2.75) is 13.3 Å². The van der Waals surface area contributed by atoms with E-state index in [4.69, 9.17) is 5.11 Å². The Morgan fingerprint density at radius 2 is 1.92 bits per heavy atom. The van der Waals surface area contributed by atoms with Crippen molar-refractivity contribution in [2.75, 3.05) is 0 Å². The molecule has 0 aromatic heterocycles. The summed E-state index contributed by atoms with van der Waals surface area (Å²) in [6.45, 7) is 1.75. The molecular formula is C10H10O3. The highest BCUT2D eigenvalue weighted by Crippen LogP contribution is 2.07. The Hall–Kier alpha value is -1.64. The van der Waals surface area contributed by atoms with Crippen LogP contribution in [0.3, 0.4) is 0 Å². The van der Waals surface area contributed by atoms with Crippen LogP contribution in [-0.4, -0.2) is 16.9 Å². The van der Waals surface area contributed by atoms with Gasteiger partial charge in [0.1, 0.15) is 0 Å². The monoisotopic (exact) mass is 178 g/mol. The van der Waals surface area contributed by atoms with Crippen molar-refractivity contribution in [3.05, 3.63) is 35.4 Å². The summed E-state index contributed by atoms with van der Waals surface area (Å²) in [5.41, 5.74) is 0.613. The molecule has 1 rings (SSSR count). The summed E-state index contributed by atoms with van der Waals surface area (Å²) in [6, 6.07) is 6.06. The fourth-order valence-corrected chi connectivity index (χ4v) is 1.03. The van der Waals surface area contributed by atoms with Gasteiger partial charge in [-0.2, -0.15) is 0 Å². The smallest absolute Gasteiger partial charge is 0.335 e. The highest BCUT2D eigenvalue weighted by Gasteiger charge is 2.06. The van der Waals surface area contributed by atoms with E-state index < -0.39 is 5.97 Å². The minimum absolute atomic E-state index is 0.0388. The number of hydrogen-bond donors (Lipinski definition) is 1. The number of rotatable bonds is 3. The molecule has 0 spiro atoms. The lowest BCUT2D eigenvalue weighted by atomic mass is 10.1. The first-order valence-corrected chi connectivity index (χ1v) is 4.01. The van der Waals surface area contributed by atoms with E-state index in [0.29, 0.717) is 12.0 Å². The Labute approximate surface area is 76.0 Å². The van der Waals surface area contributed by atoms with E-state index in [0.717, 1.165) is 0 Å². The third kappa shape index (κ3) is 2.15. The molecule has 1 N–H and O–H groups in total. The summed E-state index contributed by atoms with van der Waals surface area (Å²) >= 11 is 0. The highest BCUT2D eigenvalue weighted by atomic mass is 16.4. The number of ketones is 1. The quantitative estimate of drug-likeness (QED) is 0.720. The van der Waals surface area contributed by atoms with Crippen LogP contribution in [0.4, 0.5) is 0 Å². The zero-order valence-electron chi connectivity index (χ0n) is 7.28. The van der Waals surface area contributed by atoms with E-state index in [2.05, 4.69) is 0 Å². The Morgan fingerprint density at radius 1 is 1.31 bits per heavy atom. The number of carboxylic acid groups (broad SMARTS) is 1. The number of carbonyl (C=O) groups is 2. The topological polar surface area (TPSA) is 54.4 Å². The molecule has 0 aliphatic rings. The van der Waals surface area contributed by atoms with Crippen LogP contribution >= 0.6 is 0 Å². The van der Waals surface area contributed by atoms with Gasteiger partial charge in [-0.15, -0.1) is 0 Å². The van der Waals surface area contributed by atoms with Gasteiger partial charge in [0.05, 0.1) is 5.56 Å². The van der Waals surface area contributed by atoms with Crippen molar-refractivity contribution in [2.24, 2.45) is 0 Å². The second-order valence-corrected chi connectivity index (χ2v) is 2.66. The molecule has 0 radical (unpaired) electrons. The van der Waals surface area contributed by atoms with Gasteiger partial charge in [-0.05, 0) is 12.1 Å². The number of carbonyl (C=O) groups excluding carboxylic acids is 1. The van der Waals surface area contributed by atoms with E-state index in [1.54, 1.807) is 19.1 Å². The van der Waals surface area contributed by atoms with Crippen LogP contribution < -0.4 is 0 Å². The first-order valence-electron chi connectivity index (χ1n) is 4.01. The second-order valence-electron chi connectivity index (χ2n) is 2.66. The van der Waals surface area contributed by atoms with Gasteiger partial charge < -0.3 is 5.11 Å². The van der Waals surface area contributed by atoms with Crippen LogP contribution in [0.2, 0.25) is 0 Å². The molecule has 0 unspecified atom stereocenters. The summed E-state index contributed by atoms with van der Waals surface area (Å²) in [6.07, 6.45) is 0.392. The molecule has 0 heterocycles. The number of carboxylic acids is 1. The van der Waals surface area contributed by atoms with Crippen molar-refractivity contribution in [1.29, 1.82) is 0 Å². The molecule has 68 valence electrons. The van der Waals surface area contributed by atoms with Crippen LogP contribution in [0.5, 0.6) is 0 Å². The molecule has 1 aromatic rings. The summed E-state index contributed by atoms with van der Waals surface area (Å²) < 4.78 is 0. The van der Waals surface area contributed by atoms with Gasteiger partial charge in [-0.25, -0.2) is 4.79 Å². The molecule has 0 saturated heterocycles. The number of aromatic carboxylic acids is 1. The Balaban J connectivity index is 3.05. The van der Waals surface area contributed by atoms with Crippen molar-refractivity contribution in [3.8, 4) is 0 Å². The fourth-order valence-electron chi connectivity index (χ4n) is 1.03. The summed E-state index contributed by atoms with van der Waals surface area (Å²) in [5.74, 6) is -1.05. The van der Waals surface area contributed by atoms with Crippen LogP contribution in [0.15, 0.2) is 24.3 Å². The molecule has 0 atom stereocenters. The van der Waals surface area contributed by atoms with Crippen molar-refractivity contribution in [3.63, 3.8) is 0 Å². The minimum Gasteiger partial charge on any atom is -0.478 e. The molecule has 0 amide bonds. The number of benzene rings is 1. The van der Waals surface area contributed by atoms with Gasteiger partial charge in [0, 0.05) is 12.0 Å². The van der Waals surface area contributed by atoms with Gasteiger partial charge in [-0.1, -0.05) is 19.1 Å². The summed E-state index contributed by atoms with van der Waals surface area (Å²) in [7, 11) is 0. The fraction of sp³-hybridized carbons (Fsp3) is 0.200. The lowest BCUT2D eigenvalue weighted by Gasteiger charge is -1.98. The van der Waals surface area contributed by atoms with Gasteiger partial charge in [0.2, 0.25) is 0 Å². The maximum atomic E-state index is 11.2. The summed E-state index contributed by atoms with van der Waals surface area (Å²) in [4.78, 5) is 21.7. The summed E-state index contributed by atoms with van der Waals surface area (Å²) in [5, 5.41) is 8.65. The molecule has 13 heavy (non-hydrogen) atoms. The third-order valence-corrected chi connectivity index (χ3v) is 1.75. The number of hydrogen-bond acceptors (Lipinski definition) is 2. The van der Waals surface area contributed by atoms with E-state index in [1.807, 2.05) is 0 Å². The Morgan fingerprint density at radius 3 is 2.46 bits per heavy atom. The van der Waals surface area contributed by atoms with Crippen LogP contribution in [-0.2, 0) is 0 Å². The van der Waals surface area contributed by atoms with E-state index in [9.17, 15) is 9.59 Å². The van der Waals surface area contributed by atoms with E-state index in [-0.39, 0.29) is 11.3 Å². The van der Waals surface area contributed by atoms with Crippen LogP contribution in [0.1, 0.15) is 34.1 Å². The van der Waals surface area contributed by atoms with E-state index >= 15 is 0 Å². The lowest BCUT2D eigenvalue weighted by Crippen LogP contribution is -2.01. The van der Waals surface area contributed by atoms with E-state index in [1.165, 1.54) is 12.1 Å². The Bertz CT molecular complexity index is 342. The zero-order chi connectivity index (χ0) is 9.84. The molecular weight excluding hydrogens is 168 g/mol. The molecule has 0 saturated carbocycles. The normalized spacial score (nSPS) is 9.62. The van der Waals surface area contributed by atoms with Gasteiger partial charge in [0.25, 0.3) is 0 Å². The van der Waals surface area contributed by atoms with Gasteiger partial charge in [-0.3, -0.25) is 4.79 Å². The van der Waals surface area contributed by atoms with Crippen molar-refractivity contribution in [1.82, 2.24) is 0 Å². The SMILES string of the molecule is CCC(=O)c1cccc(C(=O)O)c1. The molecule has 3 nitrogen and oxygen atoms in total. The largest absolute Gasteiger partial charge is 0.478 e. The molecule has 1 aromatic carbocycles. The predicted molar refractivity (Wildman–Crippen MR) is 48.0 cm³/mol. The first kappa shape index (κ1) is 9.45. The lowest BCUT2D eigenvalue weighted by molar-refractivity contribution is 0.0697. The van der Waals surface area contributed by atoms with Crippen molar-refractivity contribution >= 4 is 11.8 Å². The Kier molecular flexibility index (Phi) is 2.80. The zero-order valence-corrected chi connectivity index (χ0v) is 7.28. The van der Waals surface area contributed by atoms with Crippen LogP contribution in [0.25, 0.3) is 0 Å². The standard InChI is InChI=1S/C10H10O3/c1-2-9(11)7-4-3-5-8(6-7)10(12)13/h3-6H,2H2,1H3,(H,12,13). The molecule has 0 aliphatic carbocycles. The second kappa shape index (κ2) is 3.85. The molecule has 3 heteroatoms. The number of Topliss-reactive ketones (excluding diaryl/α,β-unsaturated/α-hetero) is 1. The third-order valence-electron chi connectivity index (χ3n) is 1.75. The predicted octanol–water partition coefficient (Wildman–Crippen LogP) is 1.98. The average molecular weight is 178 g/mol. The van der Waals surface area contributed by atoms with Gasteiger partial charge >= 0.3 is 5.97 Å². The average Bonchev–Trinajstić information content (AvgIpc) is 2.17.